The van der Waals surface area contributed by atoms with Crippen LogP contribution in [0.15, 0.2) is 24.3 Å². The summed E-state index contributed by atoms with van der Waals surface area (Å²) in [7, 11) is 0. The fourth-order valence-corrected chi connectivity index (χ4v) is 2.48. The summed E-state index contributed by atoms with van der Waals surface area (Å²) in [5.74, 6) is 2.00. The third-order valence-corrected chi connectivity index (χ3v) is 3.60. The second kappa shape index (κ2) is 8.20. The lowest BCUT2D eigenvalue weighted by Gasteiger charge is -2.25. The molecule has 0 saturated heterocycles. The first-order valence-electron chi connectivity index (χ1n) is 7.15. The maximum Gasteiger partial charge on any atom is 0.387 e. The van der Waals surface area contributed by atoms with Gasteiger partial charge in [-0.1, -0.05) is 45.9 Å². The molecule has 0 aromatic heterocycles. The van der Waals surface area contributed by atoms with E-state index in [1.54, 1.807) is 12.1 Å². The minimum absolute atomic E-state index is 0.251. The molecule has 0 bridgehead atoms. The van der Waals surface area contributed by atoms with Gasteiger partial charge in [-0.2, -0.15) is 8.78 Å². The predicted octanol–water partition coefficient (Wildman–Crippen LogP) is 4.31. The molecule has 20 heavy (non-hydrogen) atoms. The zero-order valence-electron chi connectivity index (χ0n) is 12.7. The van der Waals surface area contributed by atoms with Crippen molar-refractivity contribution in [1.29, 1.82) is 0 Å². The molecule has 0 saturated carbocycles. The van der Waals surface area contributed by atoms with Gasteiger partial charge in [0.25, 0.3) is 0 Å². The van der Waals surface area contributed by atoms with E-state index in [2.05, 4.69) is 37.7 Å². The Kier molecular flexibility index (Phi) is 6.93. The normalized spacial score (nSPS) is 11.9. The molecule has 0 radical (unpaired) electrons. The Morgan fingerprint density at radius 3 is 2.20 bits per heavy atom. The lowest BCUT2D eigenvalue weighted by molar-refractivity contribution is -0.0505. The van der Waals surface area contributed by atoms with Gasteiger partial charge in [0, 0.05) is 12.1 Å². The second-order valence-corrected chi connectivity index (χ2v) is 5.77. The van der Waals surface area contributed by atoms with Gasteiger partial charge < -0.3 is 10.1 Å². The molecule has 0 spiro atoms. The molecule has 0 aliphatic heterocycles. The van der Waals surface area contributed by atoms with E-state index in [0.717, 1.165) is 12.1 Å². The quantitative estimate of drug-likeness (QED) is 0.768. The van der Waals surface area contributed by atoms with Crippen molar-refractivity contribution in [2.75, 3.05) is 6.54 Å². The lowest BCUT2D eigenvalue weighted by atomic mass is 9.85. The highest BCUT2D eigenvalue weighted by molar-refractivity contribution is 5.33. The van der Waals surface area contributed by atoms with Crippen molar-refractivity contribution in [3.63, 3.8) is 0 Å². The van der Waals surface area contributed by atoms with Crippen LogP contribution in [0.1, 0.15) is 33.3 Å². The Labute approximate surface area is 120 Å². The maximum absolute atomic E-state index is 12.3. The molecule has 0 atom stereocenters. The van der Waals surface area contributed by atoms with E-state index in [1.807, 2.05) is 12.1 Å². The first-order chi connectivity index (χ1) is 9.41. The number of halogens is 2. The number of rotatable bonds is 8. The summed E-state index contributed by atoms with van der Waals surface area (Å²) in [6, 6.07) is 6.92. The summed E-state index contributed by atoms with van der Waals surface area (Å²) in [4.78, 5) is 0. The Morgan fingerprint density at radius 1 is 1.05 bits per heavy atom. The van der Waals surface area contributed by atoms with Crippen LogP contribution in [-0.2, 0) is 6.54 Å². The molecular formula is C16H25F2NO. The standard InChI is InChI=1S/C16H25F2NO/c1-11(2)14(12(3)4)10-19-9-13-7-5-6-8-15(13)20-16(17)18/h5-8,11-12,14,16,19H,9-10H2,1-4H3. The summed E-state index contributed by atoms with van der Waals surface area (Å²) >= 11 is 0. The van der Waals surface area contributed by atoms with Crippen LogP contribution in [0.25, 0.3) is 0 Å². The van der Waals surface area contributed by atoms with Crippen molar-refractivity contribution in [3.8, 4) is 5.75 Å². The molecule has 0 fully saturated rings. The molecule has 0 aliphatic carbocycles. The predicted molar refractivity (Wildman–Crippen MR) is 77.9 cm³/mol. The summed E-state index contributed by atoms with van der Waals surface area (Å²) in [5.41, 5.74) is 0.763. The summed E-state index contributed by atoms with van der Waals surface area (Å²) in [6.45, 7) is 7.47. The minimum Gasteiger partial charge on any atom is -0.434 e. The van der Waals surface area contributed by atoms with Gasteiger partial charge in [-0.3, -0.25) is 0 Å². The summed E-state index contributed by atoms with van der Waals surface area (Å²) in [6.07, 6.45) is 0. The molecule has 0 heterocycles. The number of nitrogens with one attached hydrogen (secondary N) is 1. The molecule has 114 valence electrons. The Bertz CT molecular complexity index is 386. The first kappa shape index (κ1) is 16.9. The Morgan fingerprint density at radius 2 is 1.65 bits per heavy atom. The van der Waals surface area contributed by atoms with Crippen LogP contribution in [-0.4, -0.2) is 13.2 Å². The molecule has 1 rings (SSSR count). The Balaban J connectivity index is 2.57. The van der Waals surface area contributed by atoms with E-state index < -0.39 is 6.61 Å². The van der Waals surface area contributed by atoms with Crippen molar-refractivity contribution < 1.29 is 13.5 Å². The average Bonchev–Trinajstić information content (AvgIpc) is 2.34. The van der Waals surface area contributed by atoms with Gasteiger partial charge in [0.15, 0.2) is 0 Å². The van der Waals surface area contributed by atoms with Crippen LogP contribution < -0.4 is 10.1 Å². The molecule has 0 unspecified atom stereocenters. The SMILES string of the molecule is CC(C)C(CNCc1ccccc1OC(F)F)C(C)C. The number of benzene rings is 1. The zero-order chi connectivity index (χ0) is 15.1. The fraction of sp³-hybridized carbons (Fsp3) is 0.625. The third-order valence-electron chi connectivity index (χ3n) is 3.60. The molecular weight excluding hydrogens is 260 g/mol. The van der Waals surface area contributed by atoms with Gasteiger partial charge in [-0.05, 0) is 30.4 Å². The Hall–Kier alpha value is -1.16. The van der Waals surface area contributed by atoms with E-state index in [4.69, 9.17) is 0 Å². The van der Waals surface area contributed by atoms with Crippen LogP contribution in [0.5, 0.6) is 5.75 Å². The lowest BCUT2D eigenvalue weighted by Crippen LogP contribution is -2.29. The highest BCUT2D eigenvalue weighted by atomic mass is 19.3. The highest BCUT2D eigenvalue weighted by Gasteiger charge is 2.17. The number of para-hydroxylation sites is 1. The van der Waals surface area contributed by atoms with E-state index in [0.29, 0.717) is 24.3 Å². The molecule has 1 aromatic carbocycles. The van der Waals surface area contributed by atoms with E-state index in [1.165, 1.54) is 0 Å². The van der Waals surface area contributed by atoms with Crippen molar-refractivity contribution in [1.82, 2.24) is 5.32 Å². The van der Waals surface area contributed by atoms with Crippen LogP contribution in [0, 0.1) is 17.8 Å². The summed E-state index contributed by atoms with van der Waals surface area (Å²) in [5, 5.41) is 3.35. The van der Waals surface area contributed by atoms with E-state index in [9.17, 15) is 8.78 Å². The van der Waals surface area contributed by atoms with E-state index >= 15 is 0 Å². The van der Waals surface area contributed by atoms with Crippen molar-refractivity contribution >= 4 is 0 Å². The van der Waals surface area contributed by atoms with Crippen molar-refractivity contribution in [2.24, 2.45) is 17.8 Å². The van der Waals surface area contributed by atoms with E-state index in [-0.39, 0.29) is 5.75 Å². The van der Waals surface area contributed by atoms with Crippen LogP contribution in [0.3, 0.4) is 0 Å². The van der Waals surface area contributed by atoms with Crippen LogP contribution in [0.2, 0.25) is 0 Å². The van der Waals surface area contributed by atoms with Gasteiger partial charge in [0.05, 0.1) is 0 Å². The van der Waals surface area contributed by atoms with Crippen LogP contribution >= 0.6 is 0 Å². The van der Waals surface area contributed by atoms with Gasteiger partial charge in [-0.15, -0.1) is 0 Å². The molecule has 1 aromatic rings. The van der Waals surface area contributed by atoms with Crippen molar-refractivity contribution in [2.45, 2.75) is 40.9 Å². The fourth-order valence-electron chi connectivity index (χ4n) is 2.48. The molecule has 2 nitrogen and oxygen atoms in total. The number of alkyl halides is 2. The minimum atomic E-state index is -2.78. The molecule has 4 heteroatoms. The smallest absolute Gasteiger partial charge is 0.387 e. The second-order valence-electron chi connectivity index (χ2n) is 5.77. The van der Waals surface area contributed by atoms with Gasteiger partial charge >= 0.3 is 6.61 Å². The largest absolute Gasteiger partial charge is 0.434 e. The monoisotopic (exact) mass is 285 g/mol. The van der Waals surface area contributed by atoms with Crippen LogP contribution in [0.4, 0.5) is 8.78 Å². The van der Waals surface area contributed by atoms with Crippen molar-refractivity contribution in [3.05, 3.63) is 29.8 Å². The number of ether oxygens (including phenoxy) is 1. The number of hydrogen-bond acceptors (Lipinski definition) is 2. The highest BCUT2D eigenvalue weighted by Crippen LogP contribution is 2.22. The van der Waals surface area contributed by atoms with Gasteiger partial charge in [0.1, 0.15) is 5.75 Å². The zero-order valence-corrected chi connectivity index (χ0v) is 12.7. The topological polar surface area (TPSA) is 21.3 Å². The molecule has 0 aliphatic rings. The maximum atomic E-state index is 12.3. The summed E-state index contributed by atoms with van der Waals surface area (Å²) < 4.78 is 29.2. The first-order valence-corrected chi connectivity index (χ1v) is 7.15. The number of hydrogen-bond donors (Lipinski definition) is 1. The third kappa shape index (κ3) is 5.45. The van der Waals surface area contributed by atoms with Gasteiger partial charge in [-0.25, -0.2) is 0 Å². The molecule has 1 N–H and O–H groups in total. The molecule has 0 amide bonds. The van der Waals surface area contributed by atoms with Gasteiger partial charge in [0.2, 0.25) is 0 Å². The average molecular weight is 285 g/mol.